The highest BCUT2D eigenvalue weighted by atomic mass is 16.5. The maximum atomic E-state index is 12.4. The van der Waals surface area contributed by atoms with Gasteiger partial charge in [0.2, 0.25) is 5.91 Å². The number of amides is 1. The number of rotatable bonds is 8. The Balaban J connectivity index is 1.47. The Hall–Kier alpha value is -2.49. The first-order valence-electron chi connectivity index (χ1n) is 9.49. The Bertz CT molecular complexity index is 696. The monoisotopic (exact) mass is 352 g/mol. The molecule has 0 aliphatic carbocycles. The summed E-state index contributed by atoms with van der Waals surface area (Å²) in [7, 11) is 1.89. The van der Waals surface area contributed by atoms with Gasteiger partial charge in [0.25, 0.3) is 0 Å². The van der Waals surface area contributed by atoms with E-state index in [-0.39, 0.29) is 5.91 Å². The van der Waals surface area contributed by atoms with Crippen LogP contribution in [0.5, 0.6) is 5.75 Å². The molecule has 2 aromatic rings. The second kappa shape index (κ2) is 9.27. The van der Waals surface area contributed by atoms with Crippen LogP contribution in [0, 0.1) is 0 Å². The van der Waals surface area contributed by atoms with Gasteiger partial charge in [-0.2, -0.15) is 0 Å². The Morgan fingerprint density at radius 2 is 1.73 bits per heavy atom. The zero-order valence-electron chi connectivity index (χ0n) is 15.6. The summed E-state index contributed by atoms with van der Waals surface area (Å²) in [6.45, 7) is 3.45. The van der Waals surface area contributed by atoms with Gasteiger partial charge in [0.05, 0.1) is 6.61 Å². The molecule has 1 saturated heterocycles. The van der Waals surface area contributed by atoms with Gasteiger partial charge in [0, 0.05) is 38.8 Å². The number of para-hydroxylation sites is 2. The van der Waals surface area contributed by atoms with Gasteiger partial charge in [-0.15, -0.1) is 0 Å². The van der Waals surface area contributed by atoms with Crippen molar-refractivity contribution < 1.29 is 9.53 Å². The molecular formula is C22H28N2O2. The molecular weight excluding hydrogens is 324 g/mol. The molecule has 0 radical (unpaired) electrons. The van der Waals surface area contributed by atoms with Gasteiger partial charge in [0.15, 0.2) is 0 Å². The van der Waals surface area contributed by atoms with E-state index < -0.39 is 0 Å². The molecule has 4 nitrogen and oxygen atoms in total. The van der Waals surface area contributed by atoms with Crippen molar-refractivity contribution in [2.75, 3.05) is 31.6 Å². The lowest BCUT2D eigenvalue weighted by Gasteiger charge is -2.24. The highest BCUT2D eigenvalue weighted by Gasteiger charge is 2.17. The zero-order chi connectivity index (χ0) is 18.2. The second-order valence-corrected chi connectivity index (χ2v) is 6.84. The number of nitrogens with zero attached hydrogens (tertiary/aromatic N) is 2. The summed E-state index contributed by atoms with van der Waals surface area (Å²) in [5.41, 5.74) is 2.50. The van der Waals surface area contributed by atoms with Crippen LogP contribution in [-0.2, 0) is 11.3 Å². The van der Waals surface area contributed by atoms with Crippen molar-refractivity contribution in [1.82, 2.24) is 4.90 Å². The quantitative estimate of drug-likeness (QED) is 0.671. The highest BCUT2D eigenvalue weighted by Crippen LogP contribution is 2.25. The number of carbonyl (C=O) groups excluding carboxylic acids is 1. The SMILES string of the molecule is CN(Cc1ccccc1N1CCCC1)C(=O)CCCOc1ccccc1. The third-order valence-electron chi connectivity index (χ3n) is 4.82. The minimum absolute atomic E-state index is 0.165. The van der Waals surface area contributed by atoms with Crippen molar-refractivity contribution in [1.29, 1.82) is 0 Å². The van der Waals surface area contributed by atoms with Crippen LogP contribution in [0.2, 0.25) is 0 Å². The second-order valence-electron chi connectivity index (χ2n) is 6.84. The number of anilines is 1. The lowest BCUT2D eigenvalue weighted by molar-refractivity contribution is -0.130. The van der Waals surface area contributed by atoms with Crippen molar-refractivity contribution in [2.45, 2.75) is 32.2 Å². The summed E-state index contributed by atoms with van der Waals surface area (Å²) >= 11 is 0. The topological polar surface area (TPSA) is 32.8 Å². The summed E-state index contributed by atoms with van der Waals surface area (Å²) in [6.07, 6.45) is 3.75. The number of ether oxygens (including phenoxy) is 1. The van der Waals surface area contributed by atoms with Crippen LogP contribution in [0.1, 0.15) is 31.2 Å². The number of hydrogen-bond donors (Lipinski definition) is 0. The summed E-state index contributed by atoms with van der Waals surface area (Å²) in [4.78, 5) is 16.7. The van der Waals surface area contributed by atoms with Crippen LogP contribution in [0.25, 0.3) is 0 Å². The molecule has 3 rings (SSSR count). The summed E-state index contributed by atoms with van der Waals surface area (Å²) in [5, 5.41) is 0. The van der Waals surface area contributed by atoms with Crippen LogP contribution in [0.4, 0.5) is 5.69 Å². The lowest BCUT2D eigenvalue weighted by atomic mass is 10.1. The molecule has 0 aromatic heterocycles. The number of hydrogen-bond acceptors (Lipinski definition) is 3. The standard InChI is InChI=1S/C22H28N2O2/c1-23(22(25)14-9-17-26-20-11-3-2-4-12-20)18-19-10-5-6-13-21(19)24-15-7-8-16-24/h2-6,10-13H,7-9,14-18H2,1H3. The smallest absolute Gasteiger partial charge is 0.222 e. The zero-order valence-corrected chi connectivity index (χ0v) is 15.6. The van der Waals surface area contributed by atoms with Gasteiger partial charge in [0.1, 0.15) is 5.75 Å². The molecule has 0 N–H and O–H groups in total. The van der Waals surface area contributed by atoms with Crippen LogP contribution in [-0.4, -0.2) is 37.6 Å². The van der Waals surface area contributed by atoms with E-state index in [2.05, 4.69) is 29.2 Å². The average Bonchev–Trinajstić information content (AvgIpc) is 3.21. The largest absolute Gasteiger partial charge is 0.494 e. The fourth-order valence-corrected chi connectivity index (χ4v) is 3.38. The molecule has 1 aliphatic rings. The molecule has 1 heterocycles. The Labute approximate surface area is 156 Å². The molecule has 0 saturated carbocycles. The van der Waals surface area contributed by atoms with Gasteiger partial charge in [-0.1, -0.05) is 36.4 Å². The van der Waals surface area contributed by atoms with Crippen LogP contribution < -0.4 is 9.64 Å². The molecule has 1 amide bonds. The summed E-state index contributed by atoms with van der Waals surface area (Å²) in [5.74, 6) is 1.02. The highest BCUT2D eigenvalue weighted by molar-refractivity contribution is 5.76. The van der Waals surface area contributed by atoms with E-state index >= 15 is 0 Å². The molecule has 0 bridgehead atoms. The van der Waals surface area contributed by atoms with Crippen molar-refractivity contribution in [3.05, 3.63) is 60.2 Å². The molecule has 138 valence electrons. The van der Waals surface area contributed by atoms with Crippen LogP contribution in [0.15, 0.2) is 54.6 Å². The Kier molecular flexibility index (Phi) is 6.53. The van der Waals surface area contributed by atoms with Crippen molar-refractivity contribution in [3.63, 3.8) is 0 Å². The summed E-state index contributed by atoms with van der Waals surface area (Å²) < 4.78 is 5.66. The first-order valence-corrected chi connectivity index (χ1v) is 9.49. The minimum Gasteiger partial charge on any atom is -0.494 e. The third kappa shape index (κ3) is 5.01. The third-order valence-corrected chi connectivity index (χ3v) is 4.82. The predicted molar refractivity (Wildman–Crippen MR) is 106 cm³/mol. The lowest BCUT2D eigenvalue weighted by Crippen LogP contribution is -2.28. The van der Waals surface area contributed by atoms with E-state index in [1.807, 2.05) is 42.3 Å². The minimum atomic E-state index is 0.165. The first kappa shape index (κ1) is 18.3. The molecule has 26 heavy (non-hydrogen) atoms. The summed E-state index contributed by atoms with van der Waals surface area (Å²) in [6, 6.07) is 18.2. The van der Waals surface area contributed by atoms with Crippen LogP contribution >= 0.6 is 0 Å². The van der Waals surface area contributed by atoms with E-state index in [0.717, 1.165) is 25.3 Å². The van der Waals surface area contributed by atoms with E-state index in [1.165, 1.54) is 24.1 Å². The molecule has 2 aromatic carbocycles. The predicted octanol–water partition coefficient (Wildman–Crippen LogP) is 4.10. The van der Waals surface area contributed by atoms with Gasteiger partial charge in [-0.05, 0) is 43.0 Å². The number of carbonyl (C=O) groups is 1. The van der Waals surface area contributed by atoms with Crippen LogP contribution in [0.3, 0.4) is 0 Å². The Morgan fingerprint density at radius 3 is 2.50 bits per heavy atom. The maximum absolute atomic E-state index is 12.4. The fraction of sp³-hybridized carbons (Fsp3) is 0.409. The van der Waals surface area contributed by atoms with E-state index in [1.54, 1.807) is 0 Å². The first-order chi connectivity index (χ1) is 12.7. The van der Waals surface area contributed by atoms with Crippen molar-refractivity contribution in [2.24, 2.45) is 0 Å². The van der Waals surface area contributed by atoms with Gasteiger partial charge >= 0.3 is 0 Å². The van der Waals surface area contributed by atoms with E-state index in [9.17, 15) is 4.79 Å². The van der Waals surface area contributed by atoms with Crippen molar-refractivity contribution >= 4 is 11.6 Å². The molecule has 1 aliphatic heterocycles. The van der Waals surface area contributed by atoms with Gasteiger partial charge in [-0.25, -0.2) is 0 Å². The molecule has 0 atom stereocenters. The normalized spacial score (nSPS) is 13.7. The molecule has 0 spiro atoms. The maximum Gasteiger partial charge on any atom is 0.222 e. The van der Waals surface area contributed by atoms with Gasteiger partial charge < -0.3 is 14.5 Å². The van der Waals surface area contributed by atoms with E-state index in [0.29, 0.717) is 19.6 Å². The fourth-order valence-electron chi connectivity index (χ4n) is 3.38. The average molecular weight is 352 g/mol. The molecule has 4 heteroatoms. The molecule has 0 unspecified atom stereocenters. The van der Waals surface area contributed by atoms with Crippen molar-refractivity contribution in [3.8, 4) is 5.75 Å². The van der Waals surface area contributed by atoms with Gasteiger partial charge in [-0.3, -0.25) is 4.79 Å². The Morgan fingerprint density at radius 1 is 1.04 bits per heavy atom. The number of benzene rings is 2. The molecule has 1 fully saturated rings. The van der Waals surface area contributed by atoms with E-state index in [4.69, 9.17) is 4.74 Å².